The van der Waals surface area contributed by atoms with E-state index in [0.29, 0.717) is 19.0 Å². The predicted octanol–water partition coefficient (Wildman–Crippen LogP) is 0.180. The van der Waals surface area contributed by atoms with Crippen LogP contribution in [0, 0.1) is 0 Å². The second kappa shape index (κ2) is 8.63. The molecule has 0 saturated carbocycles. The Morgan fingerprint density at radius 3 is 2.76 bits per heavy atom. The lowest BCUT2D eigenvalue weighted by molar-refractivity contribution is -0.122. The molecule has 1 aromatic heterocycles. The quantitative estimate of drug-likeness (QED) is 0.768. The van der Waals surface area contributed by atoms with Crippen molar-refractivity contribution in [2.24, 2.45) is 0 Å². The molecule has 0 radical (unpaired) electrons. The number of carbonyl (C=O) groups excluding carboxylic acids is 1. The number of tetrazole rings is 1. The van der Waals surface area contributed by atoms with Crippen LogP contribution in [0.15, 0.2) is 30.3 Å². The Kier molecular flexibility index (Phi) is 6.02. The van der Waals surface area contributed by atoms with Crippen molar-refractivity contribution in [2.75, 3.05) is 39.5 Å². The summed E-state index contributed by atoms with van der Waals surface area (Å²) < 4.78 is 19.1. The van der Waals surface area contributed by atoms with E-state index >= 15 is 0 Å². The van der Waals surface area contributed by atoms with Gasteiger partial charge in [-0.05, 0) is 16.0 Å². The first-order valence-electron chi connectivity index (χ1n) is 8.25. The Morgan fingerprint density at radius 1 is 1.28 bits per heavy atom. The Morgan fingerprint density at radius 2 is 2.04 bits per heavy atom. The van der Waals surface area contributed by atoms with Gasteiger partial charge < -0.3 is 10.1 Å². The lowest BCUT2D eigenvalue weighted by atomic mass is 10.0. The van der Waals surface area contributed by atoms with Crippen molar-refractivity contribution in [1.29, 1.82) is 0 Å². The fourth-order valence-corrected chi connectivity index (χ4v) is 2.89. The number of alkyl halides is 1. The number of aromatic nitrogens is 4. The van der Waals surface area contributed by atoms with Crippen LogP contribution in [0.2, 0.25) is 0 Å². The molecule has 3 rings (SSSR count). The Labute approximate surface area is 145 Å². The minimum absolute atomic E-state index is 0.0120. The van der Waals surface area contributed by atoms with Crippen molar-refractivity contribution < 1.29 is 13.9 Å². The number of benzene rings is 1. The number of rotatable bonds is 7. The summed E-state index contributed by atoms with van der Waals surface area (Å²) in [6, 6.07) is 9.74. The van der Waals surface area contributed by atoms with Gasteiger partial charge in [0, 0.05) is 19.6 Å². The van der Waals surface area contributed by atoms with Gasteiger partial charge in [-0.2, -0.15) is 0 Å². The molecule has 1 saturated heterocycles. The molecule has 0 aliphatic carbocycles. The van der Waals surface area contributed by atoms with Crippen LogP contribution in [0.5, 0.6) is 0 Å². The first-order valence-corrected chi connectivity index (χ1v) is 8.25. The van der Waals surface area contributed by atoms with Gasteiger partial charge in [0.05, 0.1) is 19.3 Å². The Hall–Kier alpha value is -2.39. The molecule has 25 heavy (non-hydrogen) atoms. The third kappa shape index (κ3) is 4.37. The number of hydrogen-bond donors (Lipinski definition) is 1. The van der Waals surface area contributed by atoms with Crippen molar-refractivity contribution >= 4 is 5.91 Å². The average molecular weight is 348 g/mol. The SMILES string of the molecule is O=C(Cn1nnnc1[C@@H](c1ccccc1)N1CCOCC1)NCCF. The molecule has 2 heterocycles. The maximum atomic E-state index is 12.2. The van der Waals surface area contributed by atoms with Crippen LogP contribution in [0.1, 0.15) is 17.4 Å². The van der Waals surface area contributed by atoms with Crippen LogP contribution < -0.4 is 5.32 Å². The summed E-state index contributed by atoms with van der Waals surface area (Å²) in [4.78, 5) is 14.2. The lowest BCUT2D eigenvalue weighted by Crippen LogP contribution is -2.41. The van der Waals surface area contributed by atoms with Gasteiger partial charge in [-0.3, -0.25) is 9.69 Å². The van der Waals surface area contributed by atoms with Crippen molar-refractivity contribution in [3.8, 4) is 0 Å². The monoisotopic (exact) mass is 348 g/mol. The second-order valence-corrected chi connectivity index (χ2v) is 5.70. The van der Waals surface area contributed by atoms with E-state index in [1.54, 1.807) is 0 Å². The molecular formula is C16H21FN6O2. The molecule has 1 N–H and O–H groups in total. The topological polar surface area (TPSA) is 85.2 Å². The summed E-state index contributed by atoms with van der Waals surface area (Å²) in [5.74, 6) is 0.267. The van der Waals surface area contributed by atoms with Crippen LogP contribution >= 0.6 is 0 Å². The first-order chi connectivity index (χ1) is 12.3. The molecule has 2 aromatic rings. The highest BCUT2D eigenvalue weighted by Gasteiger charge is 2.29. The van der Waals surface area contributed by atoms with Crippen molar-refractivity contribution in [1.82, 2.24) is 30.4 Å². The average Bonchev–Trinajstić information content (AvgIpc) is 3.10. The number of halogens is 1. The van der Waals surface area contributed by atoms with E-state index in [9.17, 15) is 9.18 Å². The summed E-state index contributed by atoms with van der Waals surface area (Å²) in [5, 5.41) is 14.4. The van der Waals surface area contributed by atoms with Crippen molar-refractivity contribution in [3.05, 3.63) is 41.7 Å². The second-order valence-electron chi connectivity index (χ2n) is 5.70. The number of ether oxygens (including phenoxy) is 1. The summed E-state index contributed by atoms with van der Waals surface area (Å²) >= 11 is 0. The number of nitrogens with zero attached hydrogens (tertiary/aromatic N) is 5. The highest BCUT2D eigenvalue weighted by atomic mass is 19.1. The molecule has 1 aliphatic rings. The molecule has 9 heteroatoms. The van der Waals surface area contributed by atoms with Gasteiger partial charge in [0.25, 0.3) is 0 Å². The van der Waals surface area contributed by atoms with Crippen LogP contribution in [-0.4, -0.2) is 70.5 Å². The normalized spacial score (nSPS) is 16.5. The lowest BCUT2D eigenvalue weighted by Gasteiger charge is -2.33. The van der Waals surface area contributed by atoms with E-state index < -0.39 is 6.67 Å². The predicted molar refractivity (Wildman–Crippen MR) is 87.5 cm³/mol. The zero-order chi connectivity index (χ0) is 17.5. The maximum Gasteiger partial charge on any atom is 0.241 e. The van der Waals surface area contributed by atoms with Gasteiger partial charge >= 0.3 is 0 Å². The zero-order valence-electron chi connectivity index (χ0n) is 13.8. The Bertz CT molecular complexity index is 674. The van der Waals surface area contributed by atoms with Crippen LogP contribution in [0.3, 0.4) is 0 Å². The molecular weight excluding hydrogens is 327 g/mol. The molecule has 1 atom stereocenters. The van der Waals surface area contributed by atoms with E-state index in [2.05, 4.69) is 25.7 Å². The summed E-state index contributed by atoms with van der Waals surface area (Å²) in [7, 11) is 0. The van der Waals surface area contributed by atoms with Crippen LogP contribution in [0.25, 0.3) is 0 Å². The minimum atomic E-state index is -0.603. The van der Waals surface area contributed by atoms with Gasteiger partial charge in [0.15, 0.2) is 5.82 Å². The summed E-state index contributed by atoms with van der Waals surface area (Å²) in [6.07, 6.45) is 0. The highest BCUT2D eigenvalue weighted by molar-refractivity contribution is 5.75. The Balaban J connectivity index is 1.86. The zero-order valence-corrected chi connectivity index (χ0v) is 13.8. The molecule has 0 bridgehead atoms. The molecule has 0 unspecified atom stereocenters. The van der Waals surface area contributed by atoms with Gasteiger partial charge in [-0.1, -0.05) is 30.3 Å². The number of morpholine rings is 1. The third-order valence-electron chi connectivity index (χ3n) is 4.04. The molecule has 134 valence electrons. The van der Waals surface area contributed by atoms with Gasteiger partial charge in [-0.15, -0.1) is 5.10 Å². The summed E-state index contributed by atoms with van der Waals surface area (Å²) in [6.45, 7) is 2.12. The number of amides is 1. The number of carbonyl (C=O) groups is 1. The van der Waals surface area contributed by atoms with Crippen molar-refractivity contribution in [3.63, 3.8) is 0 Å². The molecule has 8 nitrogen and oxygen atoms in total. The number of nitrogens with one attached hydrogen (secondary N) is 1. The highest BCUT2D eigenvalue weighted by Crippen LogP contribution is 2.27. The van der Waals surface area contributed by atoms with Crippen molar-refractivity contribution in [2.45, 2.75) is 12.6 Å². The molecule has 1 aromatic carbocycles. The molecule has 1 amide bonds. The third-order valence-corrected chi connectivity index (χ3v) is 4.04. The minimum Gasteiger partial charge on any atom is -0.379 e. The van der Waals surface area contributed by atoms with Gasteiger partial charge in [0.1, 0.15) is 13.2 Å². The fourth-order valence-electron chi connectivity index (χ4n) is 2.89. The first kappa shape index (κ1) is 17.4. The van der Waals surface area contributed by atoms with Crippen LogP contribution in [0.4, 0.5) is 4.39 Å². The van der Waals surface area contributed by atoms with E-state index in [0.717, 1.165) is 18.7 Å². The molecule has 0 spiro atoms. The fraction of sp³-hybridized carbons (Fsp3) is 0.500. The van der Waals surface area contributed by atoms with E-state index in [1.165, 1.54) is 4.68 Å². The molecule has 1 aliphatic heterocycles. The van der Waals surface area contributed by atoms with Gasteiger partial charge in [0.2, 0.25) is 5.91 Å². The molecule has 1 fully saturated rings. The maximum absolute atomic E-state index is 12.2. The van der Waals surface area contributed by atoms with E-state index in [1.807, 2.05) is 30.3 Å². The van der Waals surface area contributed by atoms with Gasteiger partial charge in [-0.25, -0.2) is 9.07 Å². The van der Waals surface area contributed by atoms with E-state index in [4.69, 9.17) is 4.74 Å². The largest absolute Gasteiger partial charge is 0.379 e. The summed E-state index contributed by atoms with van der Waals surface area (Å²) in [5.41, 5.74) is 1.05. The van der Waals surface area contributed by atoms with Crippen LogP contribution in [-0.2, 0) is 16.1 Å². The smallest absolute Gasteiger partial charge is 0.241 e. The standard InChI is InChI=1S/C16H21FN6O2/c17-6-7-18-14(24)12-23-16(19-20-21-23)15(13-4-2-1-3-5-13)22-8-10-25-11-9-22/h1-5,15H,6-12H2,(H,18,24)/t15-/m1/s1. The number of hydrogen-bond acceptors (Lipinski definition) is 6. The van der Waals surface area contributed by atoms with E-state index in [-0.39, 0.29) is 25.0 Å².